The maximum Gasteiger partial charge on any atom is 0.316 e. The van der Waals surface area contributed by atoms with E-state index >= 15 is 0 Å². The fourth-order valence-corrected chi connectivity index (χ4v) is 0.951. The summed E-state index contributed by atoms with van der Waals surface area (Å²) in [5.74, 6) is -0.610. The van der Waals surface area contributed by atoms with Crippen molar-refractivity contribution in [1.29, 1.82) is 0 Å². The maximum atomic E-state index is 12.9. The number of halogens is 2. The molecule has 0 unspecified atom stereocenters. The Balaban J connectivity index is 3.04. The molecule has 5 heteroatoms. The van der Waals surface area contributed by atoms with Crippen LogP contribution in [-0.4, -0.2) is 6.03 Å². The fourth-order valence-electron chi connectivity index (χ4n) is 0.740. The SMILES string of the molecule is NC(=O)Nc1c(F)cccc1Cl. The second-order valence-electron chi connectivity index (χ2n) is 2.09. The van der Waals surface area contributed by atoms with Gasteiger partial charge in [-0.2, -0.15) is 0 Å². The van der Waals surface area contributed by atoms with E-state index in [0.717, 1.165) is 0 Å². The summed E-state index contributed by atoms with van der Waals surface area (Å²) in [6.07, 6.45) is 0. The van der Waals surface area contributed by atoms with Crippen molar-refractivity contribution in [2.24, 2.45) is 5.73 Å². The molecule has 1 aromatic carbocycles. The smallest absolute Gasteiger partial charge is 0.316 e. The predicted octanol–water partition coefficient (Wildman–Crippen LogP) is 1.97. The number of para-hydroxylation sites is 1. The highest BCUT2D eigenvalue weighted by atomic mass is 35.5. The van der Waals surface area contributed by atoms with Crippen molar-refractivity contribution in [2.45, 2.75) is 0 Å². The number of carbonyl (C=O) groups excluding carboxylic acids is 1. The van der Waals surface area contributed by atoms with Crippen LogP contribution in [0.4, 0.5) is 14.9 Å². The zero-order valence-corrected chi connectivity index (χ0v) is 6.73. The average molecular weight is 189 g/mol. The van der Waals surface area contributed by atoms with E-state index in [2.05, 4.69) is 5.32 Å². The Kier molecular flexibility index (Phi) is 2.50. The fraction of sp³-hybridized carbons (Fsp3) is 0. The molecule has 64 valence electrons. The van der Waals surface area contributed by atoms with Crippen LogP contribution in [-0.2, 0) is 0 Å². The summed E-state index contributed by atoms with van der Waals surface area (Å²) in [6.45, 7) is 0. The van der Waals surface area contributed by atoms with Gasteiger partial charge in [-0.15, -0.1) is 0 Å². The van der Waals surface area contributed by atoms with Crippen LogP contribution in [0.1, 0.15) is 0 Å². The number of urea groups is 1. The van der Waals surface area contributed by atoms with Crippen LogP contribution >= 0.6 is 11.6 Å². The molecule has 0 heterocycles. The first-order chi connectivity index (χ1) is 5.61. The second kappa shape index (κ2) is 3.40. The molecule has 0 aromatic heterocycles. The highest BCUT2D eigenvalue weighted by Crippen LogP contribution is 2.23. The van der Waals surface area contributed by atoms with Crippen molar-refractivity contribution < 1.29 is 9.18 Å². The summed E-state index contributed by atoms with van der Waals surface area (Å²) < 4.78 is 12.9. The summed E-state index contributed by atoms with van der Waals surface area (Å²) in [4.78, 5) is 10.4. The van der Waals surface area contributed by atoms with Crippen LogP contribution in [0.3, 0.4) is 0 Å². The van der Waals surface area contributed by atoms with Crippen LogP contribution in [0.5, 0.6) is 0 Å². The number of anilines is 1. The minimum atomic E-state index is -0.845. The third-order valence-electron chi connectivity index (χ3n) is 1.21. The number of rotatable bonds is 1. The third-order valence-corrected chi connectivity index (χ3v) is 1.53. The number of nitrogens with two attached hydrogens (primary N) is 1. The number of carbonyl (C=O) groups is 1. The van der Waals surface area contributed by atoms with E-state index in [1.54, 1.807) is 0 Å². The van der Waals surface area contributed by atoms with E-state index in [0.29, 0.717) is 0 Å². The van der Waals surface area contributed by atoms with Crippen LogP contribution in [0.15, 0.2) is 18.2 Å². The Hall–Kier alpha value is -1.29. The van der Waals surface area contributed by atoms with Gasteiger partial charge in [0, 0.05) is 0 Å². The first-order valence-electron chi connectivity index (χ1n) is 3.11. The Morgan fingerprint density at radius 3 is 2.75 bits per heavy atom. The van der Waals surface area contributed by atoms with Crippen LogP contribution in [0, 0.1) is 5.82 Å². The van der Waals surface area contributed by atoms with Gasteiger partial charge in [-0.1, -0.05) is 17.7 Å². The van der Waals surface area contributed by atoms with Crippen LogP contribution in [0.25, 0.3) is 0 Å². The molecule has 0 radical (unpaired) electrons. The van der Waals surface area contributed by atoms with Gasteiger partial charge in [0.15, 0.2) is 0 Å². The van der Waals surface area contributed by atoms with Crippen molar-refractivity contribution >= 4 is 23.3 Å². The van der Waals surface area contributed by atoms with E-state index in [4.69, 9.17) is 17.3 Å². The van der Waals surface area contributed by atoms with Crippen molar-refractivity contribution in [3.63, 3.8) is 0 Å². The van der Waals surface area contributed by atoms with Gasteiger partial charge in [0.2, 0.25) is 0 Å². The van der Waals surface area contributed by atoms with Gasteiger partial charge in [0.25, 0.3) is 0 Å². The molecule has 0 aliphatic carbocycles. The molecule has 0 spiro atoms. The molecule has 0 saturated heterocycles. The molecular weight excluding hydrogens is 183 g/mol. The second-order valence-corrected chi connectivity index (χ2v) is 2.49. The minimum absolute atomic E-state index is 0.0910. The Morgan fingerprint density at radius 2 is 2.25 bits per heavy atom. The minimum Gasteiger partial charge on any atom is -0.351 e. The van der Waals surface area contributed by atoms with Crippen molar-refractivity contribution in [3.05, 3.63) is 29.0 Å². The van der Waals surface area contributed by atoms with Gasteiger partial charge in [-0.05, 0) is 12.1 Å². The molecule has 1 aromatic rings. The van der Waals surface area contributed by atoms with Crippen LogP contribution < -0.4 is 11.1 Å². The lowest BCUT2D eigenvalue weighted by Crippen LogP contribution is -2.20. The summed E-state index contributed by atoms with van der Waals surface area (Å²) >= 11 is 5.56. The van der Waals surface area contributed by atoms with Crippen LogP contribution in [0.2, 0.25) is 5.02 Å². The number of benzene rings is 1. The predicted molar refractivity (Wildman–Crippen MR) is 44.6 cm³/mol. The number of nitrogens with one attached hydrogen (secondary N) is 1. The first kappa shape index (κ1) is 8.80. The van der Waals surface area contributed by atoms with Gasteiger partial charge in [-0.25, -0.2) is 9.18 Å². The number of amides is 2. The molecule has 3 nitrogen and oxygen atoms in total. The van der Waals surface area contributed by atoms with E-state index in [1.165, 1.54) is 18.2 Å². The van der Waals surface area contributed by atoms with Crippen molar-refractivity contribution in [2.75, 3.05) is 5.32 Å². The van der Waals surface area contributed by atoms with Gasteiger partial charge >= 0.3 is 6.03 Å². The van der Waals surface area contributed by atoms with E-state index < -0.39 is 11.8 Å². The summed E-state index contributed by atoms with van der Waals surface area (Å²) in [5, 5.41) is 2.19. The molecule has 0 aliphatic heterocycles. The average Bonchev–Trinajstić information content (AvgIpc) is 1.97. The lowest BCUT2D eigenvalue weighted by atomic mass is 10.3. The molecule has 0 bridgehead atoms. The molecule has 1 rings (SSSR count). The highest BCUT2D eigenvalue weighted by molar-refractivity contribution is 6.33. The van der Waals surface area contributed by atoms with Gasteiger partial charge in [0.1, 0.15) is 5.82 Å². The molecule has 0 aliphatic rings. The zero-order chi connectivity index (χ0) is 9.14. The summed E-state index contributed by atoms with van der Waals surface area (Å²) in [5.41, 5.74) is 4.70. The van der Waals surface area contributed by atoms with E-state index in [9.17, 15) is 9.18 Å². The lowest BCUT2D eigenvalue weighted by molar-refractivity contribution is 0.259. The van der Waals surface area contributed by atoms with Gasteiger partial charge < -0.3 is 11.1 Å². The summed E-state index contributed by atoms with van der Waals surface area (Å²) in [6, 6.07) is 3.22. The molecule has 0 saturated carbocycles. The molecule has 0 atom stereocenters. The Morgan fingerprint density at radius 1 is 1.58 bits per heavy atom. The molecule has 0 fully saturated rings. The number of hydrogen-bond acceptors (Lipinski definition) is 1. The Bertz CT molecular complexity index is 296. The molecular formula is C7H6ClFN2O. The highest BCUT2D eigenvalue weighted by Gasteiger charge is 2.07. The monoisotopic (exact) mass is 188 g/mol. The lowest BCUT2D eigenvalue weighted by Gasteiger charge is -2.04. The molecule has 2 amide bonds. The van der Waals surface area contributed by atoms with E-state index in [1.807, 2.05) is 0 Å². The van der Waals surface area contributed by atoms with E-state index in [-0.39, 0.29) is 10.7 Å². The standard InChI is InChI=1S/C7H6ClFN2O/c8-4-2-1-3-5(9)6(4)11-7(10)12/h1-3H,(H3,10,11,12). The quantitative estimate of drug-likeness (QED) is 0.696. The van der Waals surface area contributed by atoms with Crippen molar-refractivity contribution in [1.82, 2.24) is 0 Å². The molecule has 12 heavy (non-hydrogen) atoms. The molecule has 3 N–H and O–H groups in total. The largest absolute Gasteiger partial charge is 0.351 e. The van der Waals surface area contributed by atoms with Gasteiger partial charge in [-0.3, -0.25) is 0 Å². The topological polar surface area (TPSA) is 55.1 Å². The maximum absolute atomic E-state index is 12.9. The number of primary amides is 1. The number of hydrogen-bond donors (Lipinski definition) is 2. The van der Waals surface area contributed by atoms with Crippen molar-refractivity contribution in [3.8, 4) is 0 Å². The Labute approximate surface area is 73.3 Å². The zero-order valence-electron chi connectivity index (χ0n) is 5.97. The first-order valence-corrected chi connectivity index (χ1v) is 3.49. The normalized spacial score (nSPS) is 9.50. The third kappa shape index (κ3) is 1.85. The summed E-state index contributed by atoms with van der Waals surface area (Å²) in [7, 11) is 0. The van der Waals surface area contributed by atoms with Gasteiger partial charge in [0.05, 0.1) is 10.7 Å².